The number of benzene rings is 2. The minimum Gasteiger partial charge on any atom is -0.508 e. The molecule has 0 spiro atoms. The van der Waals surface area contributed by atoms with Gasteiger partial charge in [-0.2, -0.15) is 0 Å². The lowest BCUT2D eigenvalue weighted by atomic mass is 10.3. The molecule has 5 N–H and O–H groups in total. The Balaban J connectivity index is 0.000000413. The predicted molar refractivity (Wildman–Crippen MR) is 111 cm³/mol. The van der Waals surface area contributed by atoms with Crippen LogP contribution in [0.25, 0.3) is 0 Å². The van der Waals surface area contributed by atoms with Crippen molar-refractivity contribution in [3.05, 3.63) is 48.5 Å². The predicted octanol–water partition coefficient (Wildman–Crippen LogP) is 4.31. The molecule has 2 aromatic rings. The van der Waals surface area contributed by atoms with Gasteiger partial charge in [0.15, 0.2) is 0 Å². The third-order valence-electron chi connectivity index (χ3n) is 2.61. The molecule has 0 fully saturated rings. The van der Waals surface area contributed by atoms with Gasteiger partial charge in [-0.1, -0.05) is 12.1 Å². The summed E-state index contributed by atoms with van der Waals surface area (Å²) in [5, 5.41) is 20.0. The number of rotatable bonds is 5. The molecule has 9 heteroatoms. The number of nitrogens with one attached hydrogen (secondary N) is 1. The number of nitrogen functional groups attached to an aromatic ring is 1. The van der Waals surface area contributed by atoms with Crippen molar-refractivity contribution in [3.63, 3.8) is 0 Å². The largest absolute Gasteiger partial charge is 0.508 e. The molecule has 148 valence electrons. The molecular weight excluding hydrogens is 415 g/mol. The van der Waals surface area contributed by atoms with Crippen molar-refractivity contribution < 1.29 is 19.8 Å². The van der Waals surface area contributed by atoms with E-state index in [-0.39, 0.29) is 35.5 Å². The van der Waals surface area contributed by atoms with Gasteiger partial charge >= 0.3 is 0 Å². The molecule has 2 rings (SSSR count). The normalized spacial score (nSPS) is 9.15. The van der Waals surface area contributed by atoms with Crippen LogP contribution in [0.5, 0.6) is 11.5 Å². The van der Waals surface area contributed by atoms with E-state index in [1.807, 2.05) is 0 Å². The molecule has 6 nitrogen and oxygen atoms in total. The molecule has 1 amide bonds. The average molecular weight is 436 g/mol. The molecule has 0 aromatic heterocycles. The Morgan fingerprint density at radius 2 is 1.48 bits per heavy atom. The van der Waals surface area contributed by atoms with Gasteiger partial charge in [-0.25, -0.2) is 0 Å². The lowest BCUT2D eigenvalue weighted by Crippen LogP contribution is -2.11. The first-order valence-corrected chi connectivity index (χ1v) is 9.16. The highest BCUT2D eigenvalue weighted by molar-refractivity contribution is 6.63. The first-order valence-electron chi connectivity index (χ1n) is 7.72. The van der Waals surface area contributed by atoms with Gasteiger partial charge in [0.2, 0.25) is 11.1 Å². The summed E-state index contributed by atoms with van der Waals surface area (Å²) in [6, 6.07) is 12.9. The van der Waals surface area contributed by atoms with E-state index in [2.05, 4.69) is 5.32 Å². The summed E-state index contributed by atoms with van der Waals surface area (Å²) in [5.74, 6) is 0.807. The van der Waals surface area contributed by atoms with E-state index in [0.717, 1.165) is 0 Å². The first-order chi connectivity index (χ1) is 12.8. The minimum absolute atomic E-state index is 0.128. The van der Waals surface area contributed by atoms with E-state index in [1.165, 1.54) is 18.2 Å². The third-order valence-corrected chi connectivity index (χ3v) is 3.18. The Morgan fingerprint density at radius 1 is 0.926 bits per heavy atom. The summed E-state index contributed by atoms with van der Waals surface area (Å²) in [6.07, 6.45) is 0.542. The summed E-state index contributed by atoms with van der Waals surface area (Å²) in [4.78, 5) is 20.8. The zero-order chi connectivity index (χ0) is 20.7. The second kappa shape index (κ2) is 15.0. The minimum atomic E-state index is -0.370. The number of halogens is 3. The van der Waals surface area contributed by atoms with Crippen molar-refractivity contribution in [2.75, 3.05) is 22.8 Å². The average Bonchev–Trinajstić information content (AvgIpc) is 2.56. The Labute approximate surface area is 172 Å². The zero-order valence-electron chi connectivity index (χ0n) is 14.4. The number of nitrogens with two attached hydrogens (primary N) is 1. The van der Waals surface area contributed by atoms with Gasteiger partial charge in [0, 0.05) is 48.1 Å². The Morgan fingerprint density at radius 3 is 1.85 bits per heavy atom. The highest BCUT2D eigenvalue weighted by Gasteiger charge is 2.00. The van der Waals surface area contributed by atoms with Crippen LogP contribution in [0.3, 0.4) is 0 Å². The number of aromatic hydroxyl groups is 2. The quantitative estimate of drug-likeness (QED) is 0.317. The molecule has 0 heterocycles. The van der Waals surface area contributed by atoms with Crippen LogP contribution in [0.1, 0.15) is 12.8 Å². The Bertz CT molecular complexity index is 697. The second-order valence-corrected chi connectivity index (χ2v) is 6.10. The van der Waals surface area contributed by atoms with Crippen LogP contribution in [0.2, 0.25) is 0 Å². The van der Waals surface area contributed by atoms with Crippen molar-refractivity contribution in [2.45, 2.75) is 12.8 Å². The molecular formula is C18H21Cl3N2O4. The molecule has 2 aromatic carbocycles. The van der Waals surface area contributed by atoms with Gasteiger partial charge in [0.05, 0.1) is 0 Å². The van der Waals surface area contributed by atoms with Crippen molar-refractivity contribution >= 4 is 57.3 Å². The summed E-state index contributed by atoms with van der Waals surface area (Å²) in [5.41, 5.74) is 6.47. The fourth-order valence-electron chi connectivity index (χ4n) is 1.49. The van der Waals surface area contributed by atoms with E-state index >= 15 is 0 Å². The molecule has 0 aliphatic heterocycles. The molecule has 0 unspecified atom stereocenters. The van der Waals surface area contributed by atoms with Crippen LogP contribution in [-0.4, -0.2) is 33.1 Å². The zero-order valence-corrected chi connectivity index (χ0v) is 16.6. The summed E-state index contributed by atoms with van der Waals surface area (Å²) < 4.78 is 0. The first kappa shape index (κ1) is 24.8. The number of anilines is 2. The standard InChI is InChI=1S/C9H10ClNO2.C6H7NO.C3H4Cl2O/c10-5-4-9(13)11-7-2-1-3-8(12)6-7;7-5-2-1-3-6(8)4-5;4-2-1-3(5)6/h1-3,6,12H,4-5H2,(H,11,13);1-4,8H,7H2;1-2H2. The SMILES string of the molecule is Nc1cccc(O)c1.O=C(CCCl)Nc1cccc(O)c1.O=C(Cl)CCCl. The number of alkyl halides is 2. The van der Waals surface area contributed by atoms with Crippen LogP contribution in [0, 0.1) is 0 Å². The number of carbonyl (C=O) groups is 2. The maximum Gasteiger partial charge on any atom is 0.225 e. The molecule has 0 aliphatic rings. The fraction of sp³-hybridized carbons (Fsp3) is 0.222. The van der Waals surface area contributed by atoms with E-state index < -0.39 is 0 Å². The van der Waals surface area contributed by atoms with Gasteiger partial charge in [-0.3, -0.25) is 9.59 Å². The maximum atomic E-state index is 11.0. The highest BCUT2D eigenvalue weighted by atomic mass is 35.5. The van der Waals surface area contributed by atoms with Crippen LogP contribution in [0.4, 0.5) is 11.4 Å². The molecule has 0 aliphatic carbocycles. The van der Waals surface area contributed by atoms with Crippen LogP contribution in [-0.2, 0) is 9.59 Å². The fourth-order valence-corrected chi connectivity index (χ4v) is 2.03. The van der Waals surface area contributed by atoms with Crippen LogP contribution < -0.4 is 11.1 Å². The molecule has 0 bridgehead atoms. The molecule has 0 saturated heterocycles. The van der Waals surface area contributed by atoms with Crippen molar-refractivity contribution in [1.82, 2.24) is 0 Å². The monoisotopic (exact) mass is 434 g/mol. The number of carbonyl (C=O) groups excluding carboxylic acids is 2. The van der Waals surface area contributed by atoms with Gasteiger partial charge in [0.25, 0.3) is 0 Å². The number of hydrogen-bond acceptors (Lipinski definition) is 5. The number of phenols is 2. The molecule has 0 radical (unpaired) electrons. The molecule has 0 atom stereocenters. The van der Waals surface area contributed by atoms with E-state index in [4.69, 9.17) is 50.7 Å². The van der Waals surface area contributed by atoms with Gasteiger partial charge in [0.1, 0.15) is 11.5 Å². The maximum absolute atomic E-state index is 11.0. The second-order valence-electron chi connectivity index (χ2n) is 4.93. The van der Waals surface area contributed by atoms with Crippen molar-refractivity contribution in [1.29, 1.82) is 0 Å². The Hall–Kier alpha value is -2.15. The summed E-state index contributed by atoms with van der Waals surface area (Å²) in [6.45, 7) is 0. The van der Waals surface area contributed by atoms with E-state index in [9.17, 15) is 9.59 Å². The van der Waals surface area contributed by atoms with Gasteiger partial charge in [-0.05, 0) is 35.9 Å². The lowest BCUT2D eigenvalue weighted by molar-refractivity contribution is -0.115. The van der Waals surface area contributed by atoms with Crippen LogP contribution in [0.15, 0.2) is 48.5 Å². The summed E-state index contributed by atoms with van der Waals surface area (Å²) >= 11 is 15.3. The van der Waals surface area contributed by atoms with Crippen molar-refractivity contribution in [3.8, 4) is 11.5 Å². The molecule has 0 saturated carbocycles. The Kier molecular flexibility index (Phi) is 13.8. The van der Waals surface area contributed by atoms with Gasteiger partial charge < -0.3 is 21.3 Å². The highest BCUT2D eigenvalue weighted by Crippen LogP contribution is 2.15. The number of hydrogen-bond donors (Lipinski definition) is 4. The summed E-state index contributed by atoms with van der Waals surface area (Å²) in [7, 11) is 0. The topological polar surface area (TPSA) is 113 Å². The number of phenolic OH excluding ortho intramolecular Hbond substituents is 2. The lowest BCUT2D eigenvalue weighted by Gasteiger charge is -2.03. The number of amides is 1. The van der Waals surface area contributed by atoms with E-state index in [0.29, 0.717) is 23.1 Å². The molecule has 27 heavy (non-hydrogen) atoms. The van der Waals surface area contributed by atoms with Crippen molar-refractivity contribution in [2.24, 2.45) is 0 Å². The van der Waals surface area contributed by atoms with Gasteiger partial charge in [-0.15, -0.1) is 23.2 Å². The smallest absolute Gasteiger partial charge is 0.225 e. The third kappa shape index (κ3) is 14.7. The van der Waals surface area contributed by atoms with Crippen LogP contribution >= 0.6 is 34.8 Å². The van der Waals surface area contributed by atoms with E-state index in [1.54, 1.807) is 30.3 Å².